The van der Waals surface area contributed by atoms with E-state index in [-0.39, 0.29) is 23.9 Å². The Kier molecular flexibility index (Phi) is 5.95. The fourth-order valence-electron chi connectivity index (χ4n) is 2.70. The molecule has 1 fully saturated rings. The first-order valence-corrected chi connectivity index (χ1v) is 9.34. The van der Waals surface area contributed by atoms with E-state index < -0.39 is 15.8 Å². The van der Waals surface area contributed by atoms with Crippen LogP contribution in [0, 0.1) is 12.7 Å². The van der Waals surface area contributed by atoms with Crippen molar-refractivity contribution in [2.24, 2.45) is 0 Å². The van der Waals surface area contributed by atoms with Crippen molar-refractivity contribution in [2.75, 3.05) is 46.8 Å². The Labute approximate surface area is 142 Å². The van der Waals surface area contributed by atoms with Gasteiger partial charge < -0.3 is 9.80 Å². The van der Waals surface area contributed by atoms with Gasteiger partial charge in [-0.05, 0) is 44.8 Å². The smallest absolute Gasteiger partial charge is 0.243 e. The van der Waals surface area contributed by atoms with Crippen molar-refractivity contribution in [1.82, 2.24) is 14.1 Å². The number of nitrogens with zero attached hydrogens (tertiary/aromatic N) is 3. The molecule has 1 aromatic rings. The molecule has 6 nitrogen and oxygen atoms in total. The highest BCUT2D eigenvalue weighted by Gasteiger charge is 2.30. The molecule has 0 N–H and O–H groups in total. The van der Waals surface area contributed by atoms with Gasteiger partial charge in [0.1, 0.15) is 5.82 Å². The summed E-state index contributed by atoms with van der Waals surface area (Å²) in [5, 5.41) is 0. The van der Waals surface area contributed by atoms with Gasteiger partial charge in [-0.15, -0.1) is 0 Å². The normalized spacial score (nSPS) is 16.6. The van der Waals surface area contributed by atoms with E-state index in [1.807, 2.05) is 19.0 Å². The van der Waals surface area contributed by atoms with Crippen molar-refractivity contribution in [3.8, 4) is 0 Å². The third-order valence-electron chi connectivity index (χ3n) is 4.12. The molecule has 0 bridgehead atoms. The molecule has 1 saturated heterocycles. The van der Waals surface area contributed by atoms with Crippen LogP contribution in [0.2, 0.25) is 0 Å². The van der Waals surface area contributed by atoms with Gasteiger partial charge in [-0.1, -0.05) is 0 Å². The van der Waals surface area contributed by atoms with Gasteiger partial charge in [0.25, 0.3) is 0 Å². The number of hydrogen-bond donors (Lipinski definition) is 0. The maximum atomic E-state index is 13.2. The predicted octanol–water partition coefficient (Wildman–Crippen LogP) is 0.919. The summed E-state index contributed by atoms with van der Waals surface area (Å²) >= 11 is 0. The van der Waals surface area contributed by atoms with Crippen molar-refractivity contribution in [3.05, 3.63) is 29.6 Å². The lowest BCUT2D eigenvalue weighted by molar-refractivity contribution is -0.132. The summed E-state index contributed by atoms with van der Waals surface area (Å²) in [5.74, 6) is -0.415. The van der Waals surface area contributed by atoms with Crippen molar-refractivity contribution >= 4 is 15.9 Å². The molecular formula is C16H24FN3O3S. The molecule has 0 aromatic heterocycles. The number of benzene rings is 1. The second kappa shape index (κ2) is 7.58. The van der Waals surface area contributed by atoms with Crippen molar-refractivity contribution in [2.45, 2.75) is 18.2 Å². The molecule has 0 unspecified atom stereocenters. The average molecular weight is 357 g/mol. The molecule has 0 atom stereocenters. The Bertz CT molecular complexity index is 699. The summed E-state index contributed by atoms with van der Waals surface area (Å²) in [4.78, 5) is 15.9. The number of sulfonamides is 1. The van der Waals surface area contributed by atoms with Gasteiger partial charge in [0, 0.05) is 39.1 Å². The summed E-state index contributed by atoms with van der Waals surface area (Å²) in [6, 6.07) is 3.67. The largest absolute Gasteiger partial charge is 0.340 e. The van der Waals surface area contributed by atoms with Crippen molar-refractivity contribution < 1.29 is 17.6 Å². The molecule has 24 heavy (non-hydrogen) atoms. The van der Waals surface area contributed by atoms with Crippen LogP contribution in [-0.2, 0) is 14.8 Å². The lowest BCUT2D eigenvalue weighted by Gasteiger charge is -2.34. The Balaban J connectivity index is 2.02. The summed E-state index contributed by atoms with van der Waals surface area (Å²) in [7, 11) is 0.147. The van der Waals surface area contributed by atoms with Crippen LogP contribution in [0.15, 0.2) is 23.1 Å². The van der Waals surface area contributed by atoms with Gasteiger partial charge in [0.2, 0.25) is 15.9 Å². The van der Waals surface area contributed by atoms with Crippen LogP contribution >= 0.6 is 0 Å². The topological polar surface area (TPSA) is 60.9 Å². The number of amides is 1. The predicted molar refractivity (Wildman–Crippen MR) is 89.6 cm³/mol. The van der Waals surface area contributed by atoms with Crippen LogP contribution in [0.4, 0.5) is 4.39 Å². The quantitative estimate of drug-likeness (QED) is 0.786. The highest BCUT2D eigenvalue weighted by molar-refractivity contribution is 7.89. The van der Waals surface area contributed by atoms with E-state index in [1.54, 1.807) is 11.8 Å². The van der Waals surface area contributed by atoms with Crippen LogP contribution in [0.25, 0.3) is 0 Å². The van der Waals surface area contributed by atoms with Gasteiger partial charge in [-0.25, -0.2) is 12.8 Å². The minimum atomic E-state index is -3.66. The molecule has 2 rings (SSSR count). The third kappa shape index (κ3) is 4.31. The number of carbonyl (C=O) groups is 1. The summed E-state index contributed by atoms with van der Waals surface area (Å²) < 4.78 is 40.0. The molecule has 134 valence electrons. The molecule has 1 heterocycles. The van der Waals surface area contributed by atoms with Gasteiger partial charge in [0.05, 0.1) is 4.90 Å². The van der Waals surface area contributed by atoms with E-state index in [0.29, 0.717) is 31.6 Å². The van der Waals surface area contributed by atoms with E-state index in [0.717, 1.165) is 6.07 Å². The van der Waals surface area contributed by atoms with E-state index in [1.165, 1.54) is 16.4 Å². The Morgan fingerprint density at radius 1 is 1.21 bits per heavy atom. The van der Waals surface area contributed by atoms with E-state index in [4.69, 9.17) is 0 Å². The Morgan fingerprint density at radius 3 is 2.38 bits per heavy atom. The second-order valence-corrected chi connectivity index (χ2v) is 8.15. The second-order valence-electron chi connectivity index (χ2n) is 6.25. The molecule has 0 saturated carbocycles. The van der Waals surface area contributed by atoms with Crippen molar-refractivity contribution in [3.63, 3.8) is 0 Å². The minimum absolute atomic E-state index is 0.0405. The molecular weight excluding hydrogens is 333 g/mol. The van der Waals surface area contributed by atoms with E-state index in [9.17, 15) is 17.6 Å². The monoisotopic (exact) mass is 357 g/mol. The van der Waals surface area contributed by atoms with Crippen LogP contribution in [0.1, 0.15) is 12.0 Å². The lowest BCUT2D eigenvalue weighted by Crippen LogP contribution is -2.50. The zero-order valence-electron chi connectivity index (χ0n) is 14.3. The third-order valence-corrected chi connectivity index (χ3v) is 6.18. The molecule has 8 heteroatoms. The molecule has 0 spiro atoms. The van der Waals surface area contributed by atoms with Crippen LogP contribution in [0.5, 0.6) is 0 Å². The van der Waals surface area contributed by atoms with Crippen LogP contribution in [0.3, 0.4) is 0 Å². The number of halogens is 1. The Hall–Kier alpha value is -1.51. The highest BCUT2D eigenvalue weighted by Crippen LogP contribution is 2.22. The number of carbonyl (C=O) groups excluding carboxylic acids is 1. The van der Waals surface area contributed by atoms with Crippen molar-refractivity contribution in [1.29, 1.82) is 0 Å². The summed E-state index contributed by atoms with van der Waals surface area (Å²) in [6.45, 7) is 3.53. The first kappa shape index (κ1) is 18.8. The molecule has 0 aliphatic carbocycles. The molecule has 1 amide bonds. The van der Waals surface area contributed by atoms with Gasteiger partial charge in [-0.2, -0.15) is 4.31 Å². The standard InChI is InChI=1S/C16H24FN3O3S/c1-13-12-14(17)4-5-15(13)24(22,23)20-10-8-19(9-11-20)16(21)6-7-18(2)3/h4-5,12H,6-11H2,1-3H3. The number of rotatable bonds is 5. The van der Waals surface area contributed by atoms with E-state index in [2.05, 4.69) is 0 Å². The fourth-order valence-corrected chi connectivity index (χ4v) is 4.32. The van der Waals surface area contributed by atoms with Crippen LogP contribution < -0.4 is 0 Å². The lowest BCUT2D eigenvalue weighted by atomic mass is 10.2. The SMILES string of the molecule is Cc1cc(F)ccc1S(=O)(=O)N1CCN(C(=O)CCN(C)C)CC1. The molecule has 0 radical (unpaired) electrons. The summed E-state index contributed by atoms with van der Waals surface area (Å²) in [6.07, 6.45) is 0.427. The first-order chi connectivity index (χ1) is 11.2. The average Bonchev–Trinajstić information content (AvgIpc) is 2.52. The summed E-state index contributed by atoms with van der Waals surface area (Å²) in [5.41, 5.74) is 0.388. The molecule has 1 aliphatic rings. The number of aryl methyl sites for hydroxylation is 1. The van der Waals surface area contributed by atoms with Gasteiger partial charge in [-0.3, -0.25) is 4.79 Å². The van der Waals surface area contributed by atoms with Gasteiger partial charge in [0.15, 0.2) is 0 Å². The van der Waals surface area contributed by atoms with E-state index >= 15 is 0 Å². The maximum Gasteiger partial charge on any atom is 0.243 e. The molecule has 1 aliphatic heterocycles. The zero-order chi connectivity index (χ0) is 17.9. The number of hydrogen-bond acceptors (Lipinski definition) is 4. The van der Waals surface area contributed by atoms with Crippen LogP contribution in [-0.4, -0.2) is 75.2 Å². The van der Waals surface area contributed by atoms with Gasteiger partial charge >= 0.3 is 0 Å². The zero-order valence-corrected chi connectivity index (χ0v) is 15.1. The minimum Gasteiger partial charge on any atom is -0.340 e. The maximum absolute atomic E-state index is 13.2. The Morgan fingerprint density at radius 2 is 1.83 bits per heavy atom. The fraction of sp³-hybridized carbons (Fsp3) is 0.562. The first-order valence-electron chi connectivity index (χ1n) is 7.90. The highest BCUT2D eigenvalue weighted by atomic mass is 32.2. The molecule has 1 aromatic carbocycles. The number of piperazine rings is 1.